The molecule has 1 aliphatic heterocycles. The lowest BCUT2D eigenvalue weighted by atomic mass is 9.69. The number of hydrogen-bond donors (Lipinski definition) is 0. The first-order chi connectivity index (χ1) is 17.4. The van der Waals surface area contributed by atoms with E-state index in [-0.39, 0.29) is 23.5 Å². The predicted octanol–water partition coefficient (Wildman–Crippen LogP) is 6.05. The van der Waals surface area contributed by atoms with Crippen LogP contribution in [-0.4, -0.2) is 28.5 Å². The molecule has 1 fully saturated rings. The summed E-state index contributed by atoms with van der Waals surface area (Å²) in [6.07, 6.45) is 5.62. The highest BCUT2D eigenvalue weighted by Crippen LogP contribution is 2.47. The summed E-state index contributed by atoms with van der Waals surface area (Å²) in [5.41, 5.74) is 3.35. The summed E-state index contributed by atoms with van der Waals surface area (Å²) in [6.45, 7) is 1.80. The second kappa shape index (κ2) is 10.2. The van der Waals surface area contributed by atoms with Gasteiger partial charge in [0.1, 0.15) is 12.0 Å². The number of esters is 1. The van der Waals surface area contributed by atoms with E-state index < -0.39 is 22.7 Å². The minimum atomic E-state index is -0.787. The molecule has 7 nitrogen and oxygen atoms in total. The van der Waals surface area contributed by atoms with Crippen molar-refractivity contribution in [1.29, 1.82) is 0 Å². The van der Waals surface area contributed by atoms with Crippen LogP contribution in [0.4, 0.5) is 5.69 Å². The maximum Gasteiger partial charge on any atom is 0.315 e. The van der Waals surface area contributed by atoms with E-state index in [0.717, 1.165) is 37.7 Å². The van der Waals surface area contributed by atoms with E-state index in [1.54, 1.807) is 19.1 Å². The number of hydrogen-bond acceptors (Lipinski definition) is 6. The smallest absolute Gasteiger partial charge is 0.315 e. The number of carbonyl (C=O) groups is 2. The van der Waals surface area contributed by atoms with Crippen LogP contribution in [0.15, 0.2) is 70.9 Å². The van der Waals surface area contributed by atoms with Crippen molar-refractivity contribution >= 4 is 23.2 Å². The molecule has 1 heterocycles. The lowest BCUT2D eigenvalue weighted by Crippen LogP contribution is -2.39. The summed E-state index contributed by atoms with van der Waals surface area (Å²) in [5, 5.41) is 11.5. The van der Waals surface area contributed by atoms with Gasteiger partial charge in [-0.1, -0.05) is 48.9 Å². The van der Waals surface area contributed by atoms with Crippen molar-refractivity contribution in [3.05, 3.63) is 87.1 Å². The summed E-state index contributed by atoms with van der Waals surface area (Å²) >= 11 is 0. The summed E-state index contributed by atoms with van der Waals surface area (Å²) in [6, 6.07) is 16.2. The zero-order valence-corrected chi connectivity index (χ0v) is 20.4. The molecule has 0 spiro atoms. The van der Waals surface area contributed by atoms with Gasteiger partial charge < -0.3 is 4.74 Å². The van der Waals surface area contributed by atoms with Crippen LogP contribution in [0.3, 0.4) is 0 Å². The molecule has 2 aromatic carbocycles. The average Bonchev–Trinajstić information content (AvgIpc) is 2.88. The Hall–Kier alpha value is -3.61. The highest BCUT2D eigenvalue weighted by atomic mass is 16.6. The van der Waals surface area contributed by atoms with Gasteiger partial charge in [-0.2, -0.15) is 0 Å². The minimum absolute atomic E-state index is 0.00509. The van der Waals surface area contributed by atoms with Crippen LogP contribution in [-0.2, 0) is 14.3 Å². The number of ether oxygens (including phenoxy) is 1. The number of Topliss-reactive ketones (excluding diaryl/α,β-unsaturated/α-hetero) is 1. The quantitative estimate of drug-likeness (QED) is 0.291. The summed E-state index contributed by atoms with van der Waals surface area (Å²) in [4.78, 5) is 43.1. The monoisotopic (exact) mass is 486 g/mol. The molecule has 36 heavy (non-hydrogen) atoms. The fraction of sp³-hybridized carbons (Fsp3) is 0.414. The second-order valence-electron chi connectivity index (χ2n) is 10.1. The molecular formula is C29H30N2O5. The lowest BCUT2D eigenvalue weighted by Gasteiger charge is -2.37. The molecule has 7 heteroatoms. The molecule has 186 valence electrons. The van der Waals surface area contributed by atoms with Gasteiger partial charge in [0.15, 0.2) is 5.78 Å². The van der Waals surface area contributed by atoms with Crippen molar-refractivity contribution in [3.63, 3.8) is 0 Å². The molecule has 0 bridgehead atoms. The van der Waals surface area contributed by atoms with E-state index in [1.165, 1.54) is 12.1 Å². The largest absolute Gasteiger partial charge is 0.462 e. The van der Waals surface area contributed by atoms with E-state index in [9.17, 15) is 19.7 Å². The first kappa shape index (κ1) is 24.1. The highest BCUT2D eigenvalue weighted by molar-refractivity contribution is 6.09. The van der Waals surface area contributed by atoms with Crippen LogP contribution in [0.2, 0.25) is 0 Å². The van der Waals surface area contributed by atoms with Gasteiger partial charge in [-0.05, 0) is 56.1 Å². The summed E-state index contributed by atoms with van der Waals surface area (Å²) in [7, 11) is 0. The number of non-ortho nitro benzene ring substituents is 1. The van der Waals surface area contributed by atoms with Gasteiger partial charge in [-0.15, -0.1) is 0 Å². The van der Waals surface area contributed by atoms with Crippen molar-refractivity contribution < 1.29 is 19.2 Å². The zero-order valence-electron chi connectivity index (χ0n) is 20.4. The number of rotatable bonds is 5. The van der Waals surface area contributed by atoms with Crippen molar-refractivity contribution in [3.8, 4) is 0 Å². The standard InChI is InChI=1S/C29H30N2O5/c1-18-26(29(33)36-23-13-6-3-7-14-23)27(20-11-8-12-22(15-20)31(34)35)28-24(30-18)16-21(17-25(28)32)19-9-4-2-5-10-19/h2,4-5,8-12,15,21,23,26-27H,3,6-7,13-14,16-17H2,1H3/t21-,26?,27-/m0/s1. The van der Waals surface area contributed by atoms with Crippen LogP contribution in [0, 0.1) is 16.0 Å². The third kappa shape index (κ3) is 4.74. The lowest BCUT2D eigenvalue weighted by molar-refractivity contribution is -0.384. The molecular weight excluding hydrogens is 456 g/mol. The van der Waals surface area contributed by atoms with Crippen molar-refractivity contribution in [2.75, 3.05) is 0 Å². The van der Waals surface area contributed by atoms with E-state index in [2.05, 4.69) is 0 Å². The number of nitrogens with zero attached hydrogens (tertiary/aromatic N) is 2. The maximum atomic E-state index is 13.7. The normalized spacial score (nSPS) is 24.6. The van der Waals surface area contributed by atoms with Crippen LogP contribution >= 0.6 is 0 Å². The van der Waals surface area contributed by atoms with Crippen LogP contribution in [0.25, 0.3) is 0 Å². The van der Waals surface area contributed by atoms with Gasteiger partial charge in [0.25, 0.3) is 5.69 Å². The first-order valence-electron chi connectivity index (χ1n) is 12.7. The molecule has 1 unspecified atom stereocenters. The van der Waals surface area contributed by atoms with E-state index in [1.807, 2.05) is 30.3 Å². The Labute approximate surface area is 210 Å². The van der Waals surface area contributed by atoms with E-state index >= 15 is 0 Å². The molecule has 0 radical (unpaired) electrons. The second-order valence-corrected chi connectivity index (χ2v) is 10.1. The SMILES string of the molecule is CC1=NC2=C(C(=O)C[C@@H](c3ccccc3)C2)[C@@H](c2cccc([N+](=O)[O-])c2)C1C(=O)OC1CCCCC1. The number of nitro benzene ring substituents is 1. The number of allylic oxidation sites excluding steroid dienone is 2. The molecule has 0 N–H and O–H groups in total. The van der Waals surface area contributed by atoms with E-state index in [4.69, 9.17) is 9.73 Å². The highest BCUT2D eigenvalue weighted by Gasteiger charge is 2.45. The third-order valence-corrected chi connectivity index (χ3v) is 7.69. The van der Waals surface area contributed by atoms with Crippen molar-refractivity contribution in [2.45, 2.75) is 69.8 Å². The maximum absolute atomic E-state index is 13.7. The molecule has 3 atom stereocenters. The van der Waals surface area contributed by atoms with Gasteiger partial charge in [-0.3, -0.25) is 24.7 Å². The molecule has 0 saturated heterocycles. The first-order valence-corrected chi connectivity index (χ1v) is 12.7. The Kier molecular flexibility index (Phi) is 6.81. The number of aliphatic imine (C=N–C) groups is 1. The Morgan fingerprint density at radius 2 is 1.72 bits per heavy atom. The molecule has 0 amide bonds. The third-order valence-electron chi connectivity index (χ3n) is 7.69. The van der Waals surface area contributed by atoms with Crippen LogP contribution < -0.4 is 0 Å². The average molecular weight is 487 g/mol. The van der Waals surface area contributed by atoms with Crippen molar-refractivity contribution in [2.24, 2.45) is 10.9 Å². The number of carbonyl (C=O) groups excluding carboxylic acids is 2. The molecule has 0 aromatic heterocycles. The molecule has 2 aromatic rings. The molecule has 1 saturated carbocycles. The van der Waals surface area contributed by atoms with Gasteiger partial charge in [-0.25, -0.2) is 0 Å². The minimum Gasteiger partial charge on any atom is -0.462 e. The van der Waals surface area contributed by atoms with Gasteiger partial charge >= 0.3 is 5.97 Å². The van der Waals surface area contributed by atoms with Crippen LogP contribution in [0.5, 0.6) is 0 Å². The molecule has 2 aliphatic carbocycles. The Morgan fingerprint density at radius 1 is 1.00 bits per heavy atom. The fourth-order valence-electron chi connectivity index (χ4n) is 5.94. The molecule has 5 rings (SSSR count). The van der Waals surface area contributed by atoms with Gasteiger partial charge in [0.05, 0.1) is 4.92 Å². The summed E-state index contributed by atoms with van der Waals surface area (Å²) < 4.78 is 5.95. The topological polar surface area (TPSA) is 98.9 Å². The van der Waals surface area contributed by atoms with E-state index in [0.29, 0.717) is 35.4 Å². The Balaban J connectivity index is 1.55. The van der Waals surface area contributed by atoms with Gasteiger partial charge in [0.2, 0.25) is 0 Å². The Morgan fingerprint density at radius 3 is 2.44 bits per heavy atom. The number of benzene rings is 2. The zero-order chi connectivity index (χ0) is 25.2. The molecule has 3 aliphatic rings. The fourth-order valence-corrected chi connectivity index (χ4v) is 5.94. The number of nitro groups is 1. The number of ketones is 1. The van der Waals surface area contributed by atoms with Gasteiger partial charge in [0, 0.05) is 41.5 Å². The predicted molar refractivity (Wildman–Crippen MR) is 136 cm³/mol. The summed E-state index contributed by atoms with van der Waals surface area (Å²) in [5.74, 6) is -1.90. The Bertz CT molecular complexity index is 1240. The van der Waals surface area contributed by atoms with Crippen LogP contribution in [0.1, 0.15) is 74.8 Å². The van der Waals surface area contributed by atoms with Crippen molar-refractivity contribution in [1.82, 2.24) is 0 Å².